The molecule has 0 saturated carbocycles. The number of anilines is 1. The van der Waals surface area contributed by atoms with Crippen molar-refractivity contribution in [3.05, 3.63) is 59.7 Å². The fourth-order valence-corrected chi connectivity index (χ4v) is 5.35. The molecule has 0 bridgehead atoms. The summed E-state index contributed by atoms with van der Waals surface area (Å²) in [5, 5.41) is 2.97. The molecule has 2 aromatic rings. The third-order valence-electron chi connectivity index (χ3n) is 7.50. The minimum atomic E-state index is -0.583. The zero-order valence-corrected chi connectivity index (χ0v) is 20.2. The van der Waals surface area contributed by atoms with E-state index in [-0.39, 0.29) is 29.6 Å². The second-order valence-corrected chi connectivity index (χ2v) is 10.3. The number of carbonyl (C=O) groups excluding carboxylic acids is 2. The predicted molar refractivity (Wildman–Crippen MR) is 128 cm³/mol. The van der Waals surface area contributed by atoms with Crippen molar-refractivity contribution < 1.29 is 9.59 Å². The van der Waals surface area contributed by atoms with Crippen LogP contribution in [0.1, 0.15) is 57.1 Å². The fourth-order valence-electron chi connectivity index (χ4n) is 5.35. The number of carbonyl (C=O) groups is 2. The van der Waals surface area contributed by atoms with Gasteiger partial charge in [0.25, 0.3) is 0 Å². The van der Waals surface area contributed by atoms with E-state index in [0.29, 0.717) is 29.8 Å². The summed E-state index contributed by atoms with van der Waals surface area (Å²) in [4.78, 5) is 45.9. The monoisotopic (exact) mass is 458 g/mol. The SMILES string of the molecule is Cc1ncc(C2=CCC3C(=C2)N(c2cncc([C@@H]4C(=O)NCC4C(C)C)n2)C(=O)C3(C)C)cn1. The predicted octanol–water partition coefficient (Wildman–Crippen LogP) is 3.42. The first kappa shape index (κ1) is 22.4. The number of aryl methyl sites for hydroxylation is 1. The number of amides is 2. The minimum absolute atomic E-state index is 0.0127. The van der Waals surface area contributed by atoms with Crippen molar-refractivity contribution in [2.45, 2.75) is 47.0 Å². The van der Waals surface area contributed by atoms with Gasteiger partial charge in [0.2, 0.25) is 11.8 Å². The van der Waals surface area contributed by atoms with Gasteiger partial charge in [0.05, 0.1) is 23.2 Å². The molecule has 0 radical (unpaired) electrons. The lowest BCUT2D eigenvalue weighted by Gasteiger charge is -2.26. The lowest BCUT2D eigenvalue weighted by molar-refractivity contribution is -0.125. The molecule has 4 heterocycles. The smallest absolute Gasteiger partial charge is 0.238 e. The van der Waals surface area contributed by atoms with E-state index in [2.05, 4.69) is 40.2 Å². The Bertz CT molecular complexity index is 1210. The van der Waals surface area contributed by atoms with E-state index in [1.807, 2.05) is 39.2 Å². The lowest BCUT2D eigenvalue weighted by atomic mass is 9.75. The molecule has 2 fully saturated rings. The highest BCUT2D eigenvalue weighted by atomic mass is 16.2. The van der Waals surface area contributed by atoms with E-state index >= 15 is 0 Å². The maximum atomic E-state index is 13.6. The third-order valence-corrected chi connectivity index (χ3v) is 7.50. The molecule has 3 aliphatic rings. The molecule has 2 aliphatic heterocycles. The van der Waals surface area contributed by atoms with Crippen molar-refractivity contribution >= 4 is 23.2 Å². The second kappa shape index (κ2) is 8.11. The number of nitrogens with zero attached hydrogens (tertiary/aromatic N) is 5. The quantitative estimate of drug-likeness (QED) is 0.753. The molecular weight excluding hydrogens is 428 g/mol. The average molecular weight is 459 g/mol. The highest BCUT2D eigenvalue weighted by Gasteiger charge is 2.52. The molecule has 1 aliphatic carbocycles. The number of fused-ring (bicyclic) bond motifs is 1. The van der Waals surface area contributed by atoms with Crippen LogP contribution in [0.5, 0.6) is 0 Å². The Hall–Kier alpha value is -3.42. The van der Waals surface area contributed by atoms with Crippen molar-refractivity contribution in [2.75, 3.05) is 11.4 Å². The second-order valence-electron chi connectivity index (χ2n) is 10.3. The van der Waals surface area contributed by atoms with E-state index in [9.17, 15) is 9.59 Å². The first-order valence-corrected chi connectivity index (χ1v) is 11.8. The summed E-state index contributed by atoms with van der Waals surface area (Å²) in [6, 6.07) is 0. The fraction of sp³-hybridized carbons (Fsp3) is 0.462. The number of hydrogen-bond acceptors (Lipinski definition) is 6. The Kier molecular flexibility index (Phi) is 5.34. The van der Waals surface area contributed by atoms with Gasteiger partial charge in [0, 0.05) is 42.3 Å². The summed E-state index contributed by atoms with van der Waals surface area (Å²) in [7, 11) is 0. The maximum absolute atomic E-state index is 13.6. The Morgan fingerprint density at radius 2 is 1.85 bits per heavy atom. The summed E-state index contributed by atoms with van der Waals surface area (Å²) in [5.41, 5.74) is 2.83. The molecule has 2 saturated heterocycles. The number of hydrogen-bond donors (Lipinski definition) is 1. The van der Waals surface area contributed by atoms with Crippen molar-refractivity contribution in [3.63, 3.8) is 0 Å². The molecule has 0 aromatic carbocycles. The Balaban J connectivity index is 1.56. The summed E-state index contributed by atoms with van der Waals surface area (Å²) >= 11 is 0. The molecule has 3 atom stereocenters. The molecule has 2 aromatic heterocycles. The van der Waals surface area contributed by atoms with Gasteiger partial charge in [0.1, 0.15) is 5.82 Å². The van der Waals surface area contributed by atoms with Gasteiger partial charge >= 0.3 is 0 Å². The zero-order chi connectivity index (χ0) is 24.2. The first-order chi connectivity index (χ1) is 16.2. The van der Waals surface area contributed by atoms with Crippen molar-refractivity contribution in [3.8, 4) is 0 Å². The molecule has 8 heteroatoms. The van der Waals surface area contributed by atoms with Gasteiger partial charge in [-0.05, 0) is 36.8 Å². The van der Waals surface area contributed by atoms with Gasteiger partial charge in [-0.25, -0.2) is 15.0 Å². The summed E-state index contributed by atoms with van der Waals surface area (Å²) < 4.78 is 0. The van der Waals surface area contributed by atoms with E-state index in [1.165, 1.54) is 0 Å². The zero-order valence-electron chi connectivity index (χ0n) is 20.2. The van der Waals surface area contributed by atoms with Crippen LogP contribution in [0.4, 0.5) is 5.82 Å². The van der Waals surface area contributed by atoms with Crippen LogP contribution in [0, 0.1) is 30.1 Å². The van der Waals surface area contributed by atoms with Crippen molar-refractivity contribution in [1.82, 2.24) is 25.3 Å². The first-order valence-electron chi connectivity index (χ1n) is 11.8. The largest absolute Gasteiger partial charge is 0.355 e. The summed E-state index contributed by atoms with van der Waals surface area (Å²) in [6.45, 7) is 10.7. The van der Waals surface area contributed by atoms with E-state index in [4.69, 9.17) is 4.98 Å². The number of allylic oxidation sites excluding steroid dienone is 4. The highest BCUT2D eigenvalue weighted by molar-refractivity contribution is 6.04. The standard InChI is InChI=1S/C26H30N6O2/c1-14(2)18-11-30-24(33)23(18)20-12-27-13-22(31-20)32-21-8-16(17-9-28-15(3)29-10-17)6-7-19(21)26(4,5)25(32)34/h6,8-10,12-14,18-19,23H,7,11H2,1-5H3,(H,30,33)/t18?,19?,23-/m1/s1. The number of aromatic nitrogens is 4. The molecule has 1 N–H and O–H groups in total. The number of nitrogens with one attached hydrogen (secondary N) is 1. The van der Waals surface area contributed by atoms with Crippen LogP contribution >= 0.6 is 0 Å². The average Bonchev–Trinajstić information content (AvgIpc) is 3.29. The van der Waals surface area contributed by atoms with Crippen LogP contribution in [-0.4, -0.2) is 38.3 Å². The summed E-state index contributed by atoms with van der Waals surface area (Å²) in [5.74, 6) is 1.25. The Morgan fingerprint density at radius 1 is 1.12 bits per heavy atom. The van der Waals surface area contributed by atoms with E-state index in [0.717, 1.165) is 23.3 Å². The van der Waals surface area contributed by atoms with Gasteiger partial charge < -0.3 is 5.32 Å². The van der Waals surface area contributed by atoms with Crippen molar-refractivity contribution in [2.24, 2.45) is 23.2 Å². The molecule has 34 heavy (non-hydrogen) atoms. The van der Waals surface area contributed by atoms with Crippen LogP contribution < -0.4 is 10.2 Å². The molecule has 2 amide bonds. The van der Waals surface area contributed by atoms with Crippen LogP contribution in [-0.2, 0) is 9.59 Å². The van der Waals surface area contributed by atoms with Gasteiger partial charge in [-0.1, -0.05) is 33.8 Å². The van der Waals surface area contributed by atoms with Crippen molar-refractivity contribution in [1.29, 1.82) is 0 Å². The topological polar surface area (TPSA) is 101 Å². The Labute approximate surface area is 199 Å². The van der Waals surface area contributed by atoms with E-state index in [1.54, 1.807) is 17.3 Å². The Morgan fingerprint density at radius 3 is 2.56 bits per heavy atom. The van der Waals surface area contributed by atoms with Gasteiger partial charge in [0.15, 0.2) is 5.82 Å². The molecule has 8 nitrogen and oxygen atoms in total. The molecular formula is C26H30N6O2. The maximum Gasteiger partial charge on any atom is 0.238 e. The summed E-state index contributed by atoms with van der Waals surface area (Å²) in [6.07, 6.45) is 11.8. The number of rotatable bonds is 4. The van der Waals surface area contributed by atoms with Crippen LogP contribution in [0.15, 0.2) is 42.6 Å². The van der Waals surface area contributed by atoms with Crippen LogP contribution in [0.25, 0.3) is 5.57 Å². The van der Waals surface area contributed by atoms with Crippen LogP contribution in [0.2, 0.25) is 0 Å². The van der Waals surface area contributed by atoms with Gasteiger partial charge in [-0.2, -0.15) is 0 Å². The van der Waals surface area contributed by atoms with Gasteiger partial charge in [-0.3, -0.25) is 19.5 Å². The van der Waals surface area contributed by atoms with E-state index < -0.39 is 5.41 Å². The molecule has 2 unspecified atom stereocenters. The normalized spacial score (nSPS) is 25.8. The minimum Gasteiger partial charge on any atom is -0.355 e. The van der Waals surface area contributed by atoms with Gasteiger partial charge in [-0.15, -0.1) is 0 Å². The molecule has 176 valence electrons. The third kappa shape index (κ3) is 3.52. The van der Waals surface area contributed by atoms with Crippen LogP contribution in [0.3, 0.4) is 0 Å². The molecule has 5 rings (SSSR count). The molecule has 0 spiro atoms. The lowest BCUT2D eigenvalue weighted by Crippen LogP contribution is -2.32. The highest BCUT2D eigenvalue weighted by Crippen LogP contribution is 2.50.